The molecule has 3 heterocycles. The summed E-state index contributed by atoms with van der Waals surface area (Å²) >= 11 is 0. The summed E-state index contributed by atoms with van der Waals surface area (Å²) in [4.78, 5) is 32.9. The van der Waals surface area contributed by atoms with Gasteiger partial charge in [0.25, 0.3) is 0 Å². The number of fused-ring (bicyclic) bond motifs is 1. The highest BCUT2D eigenvalue weighted by molar-refractivity contribution is 5.73. The SMILES string of the molecule is O=C(O)C(F)(F)F.O=c1nc(Nc2ccc(C(F)(F)F)cc2)c2c([nH]1)CCN(c1ncccc1C(F)(F)F)CC2. The van der Waals surface area contributed by atoms with Crippen molar-refractivity contribution in [1.82, 2.24) is 15.0 Å². The lowest BCUT2D eigenvalue weighted by atomic mass is 10.1. The van der Waals surface area contributed by atoms with Crippen LogP contribution in [0.4, 0.5) is 56.8 Å². The molecule has 4 rings (SSSR count). The highest BCUT2D eigenvalue weighted by Gasteiger charge is 2.38. The van der Waals surface area contributed by atoms with Gasteiger partial charge in [-0.1, -0.05) is 0 Å². The summed E-state index contributed by atoms with van der Waals surface area (Å²) in [5.74, 6) is -2.81. The topological polar surface area (TPSA) is 111 Å². The number of benzene rings is 1. The number of carboxylic acids is 1. The molecule has 17 heteroatoms. The normalized spacial score (nSPS) is 14.0. The van der Waals surface area contributed by atoms with Gasteiger partial charge in [-0.25, -0.2) is 14.6 Å². The Morgan fingerprint density at radius 3 is 2.08 bits per heavy atom. The summed E-state index contributed by atoms with van der Waals surface area (Å²) in [5, 5.41) is 9.98. The Bertz CT molecular complexity index is 1400. The zero-order valence-electron chi connectivity index (χ0n) is 19.9. The first-order valence-corrected chi connectivity index (χ1v) is 11.1. The minimum atomic E-state index is -5.08. The van der Waals surface area contributed by atoms with Gasteiger partial charge >= 0.3 is 30.2 Å². The fourth-order valence-corrected chi connectivity index (χ4v) is 3.70. The van der Waals surface area contributed by atoms with E-state index in [0.717, 1.165) is 18.2 Å². The minimum Gasteiger partial charge on any atom is -0.475 e. The van der Waals surface area contributed by atoms with Crippen molar-refractivity contribution < 1.29 is 49.4 Å². The summed E-state index contributed by atoms with van der Waals surface area (Å²) in [6, 6.07) is 6.40. The van der Waals surface area contributed by atoms with Crippen LogP contribution in [0.1, 0.15) is 22.4 Å². The highest BCUT2D eigenvalue weighted by Crippen LogP contribution is 2.36. The first-order chi connectivity index (χ1) is 18.5. The fourth-order valence-electron chi connectivity index (χ4n) is 3.70. The average Bonchev–Trinajstić information content (AvgIpc) is 3.06. The lowest BCUT2D eigenvalue weighted by molar-refractivity contribution is -0.192. The molecule has 0 aliphatic carbocycles. The van der Waals surface area contributed by atoms with Crippen molar-refractivity contribution in [1.29, 1.82) is 0 Å². The maximum absolute atomic E-state index is 13.4. The van der Waals surface area contributed by atoms with Crippen LogP contribution in [0, 0.1) is 0 Å². The van der Waals surface area contributed by atoms with Crippen molar-refractivity contribution in [3.8, 4) is 0 Å². The number of rotatable bonds is 3. The van der Waals surface area contributed by atoms with E-state index in [0.29, 0.717) is 11.3 Å². The lowest BCUT2D eigenvalue weighted by Crippen LogP contribution is -2.29. The van der Waals surface area contributed by atoms with E-state index in [9.17, 15) is 44.3 Å². The van der Waals surface area contributed by atoms with Crippen LogP contribution >= 0.6 is 0 Å². The summed E-state index contributed by atoms with van der Waals surface area (Å²) < 4.78 is 110. The molecule has 0 fully saturated rings. The van der Waals surface area contributed by atoms with Crippen LogP contribution < -0.4 is 15.9 Å². The van der Waals surface area contributed by atoms with Crippen LogP contribution in [-0.4, -0.2) is 45.3 Å². The molecule has 8 nitrogen and oxygen atoms in total. The molecule has 3 aromatic rings. The number of H-pyrrole nitrogens is 1. The molecule has 2 aromatic heterocycles. The molecule has 0 saturated heterocycles. The molecular formula is C23H18F9N5O3. The predicted octanol–water partition coefficient (Wildman–Crippen LogP) is 5.18. The largest absolute Gasteiger partial charge is 0.490 e. The Morgan fingerprint density at radius 1 is 0.925 bits per heavy atom. The minimum absolute atomic E-state index is 0.146. The zero-order chi connectivity index (χ0) is 29.9. The quantitative estimate of drug-likeness (QED) is 0.365. The molecular weight excluding hydrogens is 565 g/mol. The number of nitrogens with one attached hydrogen (secondary N) is 2. The number of alkyl halides is 9. The number of pyridine rings is 1. The number of halogens is 9. The van der Waals surface area contributed by atoms with Crippen molar-refractivity contribution in [2.24, 2.45) is 0 Å². The summed E-state index contributed by atoms with van der Waals surface area (Å²) in [5.41, 5.74) is -1.00. The summed E-state index contributed by atoms with van der Waals surface area (Å²) in [7, 11) is 0. The summed E-state index contributed by atoms with van der Waals surface area (Å²) in [6.07, 6.45) is -12.4. The Morgan fingerprint density at radius 2 is 1.52 bits per heavy atom. The molecule has 0 bridgehead atoms. The van der Waals surface area contributed by atoms with Gasteiger partial charge in [0.05, 0.1) is 11.1 Å². The molecule has 3 N–H and O–H groups in total. The smallest absolute Gasteiger partial charge is 0.475 e. The number of hydrogen-bond donors (Lipinski definition) is 3. The van der Waals surface area contributed by atoms with E-state index >= 15 is 0 Å². The summed E-state index contributed by atoms with van der Waals surface area (Å²) in [6.45, 7) is 0.343. The first kappa shape index (κ1) is 30.2. The molecule has 1 aromatic carbocycles. The van der Waals surface area contributed by atoms with Gasteiger partial charge in [0.15, 0.2) is 0 Å². The van der Waals surface area contributed by atoms with Crippen molar-refractivity contribution in [3.63, 3.8) is 0 Å². The van der Waals surface area contributed by atoms with Crippen molar-refractivity contribution in [2.45, 2.75) is 31.4 Å². The highest BCUT2D eigenvalue weighted by atomic mass is 19.4. The number of hydrogen-bond acceptors (Lipinski definition) is 6. The standard InChI is InChI=1S/C21H17F6N5O.C2HF3O2/c22-20(23,24)12-3-5-13(6-4-12)29-17-14-7-10-32(11-8-16(14)30-19(33)31-17)18-15(21(25,26)27)2-1-9-28-18;3-2(4,5)1(6)7/h1-6,9H,7-8,10-11H2,(H2,29,30,31,33);(H,6,7). The molecule has 0 radical (unpaired) electrons. The molecule has 1 aliphatic rings. The van der Waals surface area contributed by atoms with Gasteiger partial charge < -0.3 is 20.3 Å². The zero-order valence-corrected chi connectivity index (χ0v) is 19.9. The Balaban J connectivity index is 0.000000559. The number of nitrogens with zero attached hydrogens (tertiary/aromatic N) is 3. The van der Waals surface area contributed by atoms with Crippen LogP contribution in [0.25, 0.3) is 0 Å². The molecule has 1 aliphatic heterocycles. The fraction of sp³-hybridized carbons (Fsp3) is 0.304. The van der Waals surface area contributed by atoms with E-state index in [1.165, 1.54) is 29.3 Å². The third kappa shape index (κ3) is 7.63. The van der Waals surface area contributed by atoms with Gasteiger partial charge in [-0.3, -0.25) is 0 Å². The number of aliphatic carboxylic acids is 1. The number of aromatic amines is 1. The van der Waals surface area contributed by atoms with E-state index in [4.69, 9.17) is 9.90 Å². The van der Waals surface area contributed by atoms with Crippen LogP contribution in [0.15, 0.2) is 47.4 Å². The first-order valence-electron chi connectivity index (χ1n) is 11.1. The molecule has 0 amide bonds. The monoisotopic (exact) mass is 583 g/mol. The van der Waals surface area contributed by atoms with Crippen molar-refractivity contribution in [3.05, 3.63) is 75.5 Å². The molecule has 0 unspecified atom stereocenters. The molecule has 0 saturated carbocycles. The van der Waals surface area contributed by atoms with E-state index in [1.54, 1.807) is 0 Å². The number of carboxylic acid groups (broad SMARTS) is 1. The third-order valence-electron chi connectivity index (χ3n) is 5.49. The second-order valence-corrected chi connectivity index (χ2v) is 8.21. The van der Waals surface area contributed by atoms with Crippen LogP contribution in [-0.2, 0) is 30.0 Å². The molecule has 0 atom stereocenters. The average molecular weight is 583 g/mol. The third-order valence-corrected chi connectivity index (χ3v) is 5.49. The number of carbonyl (C=O) groups is 1. The number of aromatic nitrogens is 3. The van der Waals surface area contributed by atoms with Crippen LogP contribution in [0.3, 0.4) is 0 Å². The van der Waals surface area contributed by atoms with Gasteiger partial charge in [0, 0.05) is 42.7 Å². The second-order valence-electron chi connectivity index (χ2n) is 8.21. The van der Waals surface area contributed by atoms with E-state index in [-0.39, 0.29) is 43.3 Å². The van der Waals surface area contributed by atoms with E-state index in [2.05, 4.69) is 20.3 Å². The Hall–Kier alpha value is -4.31. The van der Waals surface area contributed by atoms with Gasteiger partial charge in [0.1, 0.15) is 11.6 Å². The predicted molar refractivity (Wildman–Crippen MR) is 122 cm³/mol. The molecule has 216 valence electrons. The van der Waals surface area contributed by atoms with Gasteiger partial charge in [0.2, 0.25) is 0 Å². The van der Waals surface area contributed by atoms with E-state index < -0.39 is 41.3 Å². The van der Waals surface area contributed by atoms with Crippen molar-refractivity contribution in [2.75, 3.05) is 23.3 Å². The number of anilines is 3. The van der Waals surface area contributed by atoms with Gasteiger partial charge in [-0.05, 0) is 42.8 Å². The Kier molecular flexibility index (Phi) is 8.64. The maximum Gasteiger partial charge on any atom is 0.490 e. The van der Waals surface area contributed by atoms with Crippen LogP contribution in [0.5, 0.6) is 0 Å². The Labute approximate surface area is 218 Å². The second kappa shape index (κ2) is 11.4. The van der Waals surface area contributed by atoms with Crippen LogP contribution in [0.2, 0.25) is 0 Å². The van der Waals surface area contributed by atoms with Gasteiger partial charge in [-0.2, -0.15) is 44.5 Å². The maximum atomic E-state index is 13.4. The molecule has 0 spiro atoms. The van der Waals surface area contributed by atoms with E-state index in [1.807, 2.05) is 0 Å². The lowest BCUT2D eigenvalue weighted by Gasteiger charge is -2.24. The molecule has 40 heavy (non-hydrogen) atoms. The van der Waals surface area contributed by atoms with Gasteiger partial charge in [-0.15, -0.1) is 0 Å². The van der Waals surface area contributed by atoms with Crippen molar-refractivity contribution >= 4 is 23.3 Å².